The van der Waals surface area contributed by atoms with E-state index in [1.807, 2.05) is 24.3 Å². The smallest absolute Gasteiger partial charge is 0.0737 e. The highest BCUT2D eigenvalue weighted by molar-refractivity contribution is 6.31. The maximum Gasteiger partial charge on any atom is 0.0737 e. The number of hydrogen-bond acceptors (Lipinski definition) is 3. The topological polar surface area (TPSA) is 50.9 Å². The number of nitrogens with zero attached hydrogens (tertiary/aromatic N) is 1. The molecular formula is C16H22ClN3. The van der Waals surface area contributed by atoms with Crippen molar-refractivity contribution in [3.63, 3.8) is 0 Å². The Morgan fingerprint density at radius 2 is 2.05 bits per heavy atom. The van der Waals surface area contributed by atoms with Crippen LogP contribution in [0.4, 0.5) is 5.69 Å². The molecule has 1 unspecified atom stereocenters. The van der Waals surface area contributed by atoms with Gasteiger partial charge in [0.2, 0.25) is 0 Å². The van der Waals surface area contributed by atoms with Gasteiger partial charge in [0, 0.05) is 34.9 Å². The number of benzene rings is 1. The number of halogens is 1. The number of fused-ring (bicyclic) bond motifs is 1. The first-order valence-electron chi connectivity index (χ1n) is 6.89. The van der Waals surface area contributed by atoms with E-state index in [-0.39, 0.29) is 11.5 Å². The summed E-state index contributed by atoms with van der Waals surface area (Å²) in [6.45, 7) is 7.36. The van der Waals surface area contributed by atoms with E-state index < -0.39 is 0 Å². The number of hydrogen-bond donors (Lipinski definition) is 2. The first-order chi connectivity index (χ1) is 9.35. The van der Waals surface area contributed by atoms with Crippen LogP contribution in [0.1, 0.15) is 27.2 Å². The van der Waals surface area contributed by atoms with E-state index in [4.69, 9.17) is 17.3 Å². The number of nitrogens with two attached hydrogens (primary N) is 1. The lowest BCUT2D eigenvalue weighted by atomic mass is 9.88. The van der Waals surface area contributed by atoms with Crippen LogP contribution in [0.2, 0.25) is 5.02 Å². The normalized spacial score (nSPS) is 13.4. The van der Waals surface area contributed by atoms with Gasteiger partial charge in [0.1, 0.15) is 0 Å². The van der Waals surface area contributed by atoms with E-state index in [9.17, 15) is 0 Å². The van der Waals surface area contributed by atoms with E-state index in [0.29, 0.717) is 5.02 Å². The van der Waals surface area contributed by atoms with Crippen LogP contribution in [-0.4, -0.2) is 17.6 Å². The molecule has 0 aliphatic rings. The molecule has 0 saturated heterocycles. The lowest BCUT2D eigenvalue weighted by Gasteiger charge is -2.23. The lowest BCUT2D eigenvalue weighted by Crippen LogP contribution is -2.33. The van der Waals surface area contributed by atoms with E-state index in [1.54, 1.807) is 6.20 Å². The van der Waals surface area contributed by atoms with Gasteiger partial charge in [-0.3, -0.25) is 4.98 Å². The second-order valence-electron chi connectivity index (χ2n) is 6.43. The fourth-order valence-corrected chi connectivity index (χ4v) is 2.54. The van der Waals surface area contributed by atoms with Gasteiger partial charge in [0.15, 0.2) is 0 Å². The summed E-state index contributed by atoms with van der Waals surface area (Å²) in [6, 6.07) is 7.84. The van der Waals surface area contributed by atoms with Crippen molar-refractivity contribution in [2.24, 2.45) is 11.1 Å². The van der Waals surface area contributed by atoms with Crippen molar-refractivity contribution < 1.29 is 0 Å². The van der Waals surface area contributed by atoms with Gasteiger partial charge in [-0.1, -0.05) is 32.4 Å². The molecule has 3 N–H and O–H groups in total. The molecule has 0 amide bonds. The van der Waals surface area contributed by atoms with Crippen molar-refractivity contribution >= 4 is 28.2 Å². The minimum absolute atomic E-state index is 0.130. The van der Waals surface area contributed by atoms with E-state index in [0.717, 1.165) is 29.6 Å². The minimum Gasteiger partial charge on any atom is -0.383 e. The summed E-state index contributed by atoms with van der Waals surface area (Å²) in [5.41, 5.74) is 8.37. The minimum atomic E-state index is 0.130. The van der Waals surface area contributed by atoms with Crippen molar-refractivity contribution in [2.75, 3.05) is 11.9 Å². The Morgan fingerprint density at radius 1 is 1.30 bits per heavy atom. The van der Waals surface area contributed by atoms with Crippen LogP contribution in [0.15, 0.2) is 30.5 Å². The largest absolute Gasteiger partial charge is 0.383 e. The SMILES string of the molecule is CC(C)(C)CC(N)CNc1ccnc2cc(Cl)ccc12. The molecule has 4 heteroatoms. The van der Waals surface area contributed by atoms with Crippen LogP contribution in [0.5, 0.6) is 0 Å². The standard InChI is InChI=1S/C16H22ClN3/c1-16(2,3)9-12(18)10-20-14-6-7-19-15-8-11(17)4-5-13(14)15/h4-8,12H,9-10,18H2,1-3H3,(H,19,20). The summed E-state index contributed by atoms with van der Waals surface area (Å²) in [6.07, 6.45) is 2.77. The maximum absolute atomic E-state index is 6.18. The molecule has 0 radical (unpaired) electrons. The second kappa shape index (κ2) is 5.98. The molecule has 0 spiro atoms. The Hall–Kier alpha value is -1.32. The Balaban J connectivity index is 2.10. The Kier molecular flexibility index (Phi) is 4.51. The zero-order chi connectivity index (χ0) is 14.8. The van der Waals surface area contributed by atoms with E-state index >= 15 is 0 Å². The number of rotatable bonds is 4. The zero-order valence-corrected chi connectivity index (χ0v) is 13.0. The van der Waals surface area contributed by atoms with Gasteiger partial charge >= 0.3 is 0 Å². The molecule has 0 aliphatic heterocycles. The lowest BCUT2D eigenvalue weighted by molar-refractivity contribution is 0.345. The average Bonchev–Trinajstić information content (AvgIpc) is 2.33. The first-order valence-corrected chi connectivity index (χ1v) is 7.27. The fourth-order valence-electron chi connectivity index (χ4n) is 2.38. The molecule has 1 aromatic heterocycles. The third kappa shape index (κ3) is 4.09. The quantitative estimate of drug-likeness (QED) is 0.893. The van der Waals surface area contributed by atoms with Crippen LogP contribution in [0, 0.1) is 5.41 Å². The Labute approximate surface area is 125 Å². The molecule has 20 heavy (non-hydrogen) atoms. The number of aromatic nitrogens is 1. The van der Waals surface area contributed by atoms with Crippen molar-refractivity contribution in [2.45, 2.75) is 33.2 Å². The molecule has 0 bridgehead atoms. The predicted molar refractivity (Wildman–Crippen MR) is 87.3 cm³/mol. The molecule has 2 aromatic rings. The van der Waals surface area contributed by atoms with Crippen molar-refractivity contribution in [3.05, 3.63) is 35.5 Å². The van der Waals surface area contributed by atoms with Crippen LogP contribution in [0.25, 0.3) is 10.9 Å². The number of anilines is 1. The monoisotopic (exact) mass is 291 g/mol. The molecule has 1 atom stereocenters. The third-order valence-electron chi connectivity index (χ3n) is 3.13. The van der Waals surface area contributed by atoms with E-state index in [2.05, 4.69) is 31.1 Å². The first kappa shape index (κ1) is 15.1. The van der Waals surface area contributed by atoms with Crippen LogP contribution >= 0.6 is 11.6 Å². The molecule has 0 aliphatic carbocycles. The predicted octanol–water partition coefficient (Wildman–Crippen LogP) is 4.06. The number of nitrogens with one attached hydrogen (secondary N) is 1. The highest BCUT2D eigenvalue weighted by atomic mass is 35.5. The molecule has 108 valence electrons. The van der Waals surface area contributed by atoms with Gasteiger partial charge < -0.3 is 11.1 Å². The summed E-state index contributed by atoms with van der Waals surface area (Å²) in [7, 11) is 0. The molecule has 3 nitrogen and oxygen atoms in total. The van der Waals surface area contributed by atoms with Gasteiger partial charge in [0.05, 0.1) is 5.52 Å². The van der Waals surface area contributed by atoms with Crippen molar-refractivity contribution in [1.82, 2.24) is 4.98 Å². The van der Waals surface area contributed by atoms with Gasteiger partial charge in [-0.15, -0.1) is 0 Å². The Bertz CT molecular complexity index is 590. The van der Waals surface area contributed by atoms with Gasteiger partial charge in [-0.2, -0.15) is 0 Å². The average molecular weight is 292 g/mol. The summed E-state index contributed by atoms with van der Waals surface area (Å²) in [5, 5.41) is 5.19. The molecule has 1 aromatic carbocycles. The van der Waals surface area contributed by atoms with E-state index in [1.165, 1.54) is 0 Å². The molecule has 2 rings (SSSR count). The zero-order valence-electron chi connectivity index (χ0n) is 12.3. The summed E-state index contributed by atoms with van der Waals surface area (Å²) in [4.78, 5) is 4.33. The fraction of sp³-hybridized carbons (Fsp3) is 0.438. The number of pyridine rings is 1. The van der Waals surface area contributed by atoms with Gasteiger partial charge in [-0.25, -0.2) is 0 Å². The summed E-state index contributed by atoms with van der Waals surface area (Å²) < 4.78 is 0. The Morgan fingerprint density at radius 3 is 2.75 bits per heavy atom. The molecular weight excluding hydrogens is 270 g/mol. The molecule has 0 fully saturated rings. The summed E-state index contributed by atoms with van der Waals surface area (Å²) >= 11 is 5.99. The van der Waals surface area contributed by atoms with Crippen molar-refractivity contribution in [3.8, 4) is 0 Å². The van der Waals surface area contributed by atoms with Crippen LogP contribution < -0.4 is 11.1 Å². The second-order valence-corrected chi connectivity index (χ2v) is 6.86. The molecule has 0 saturated carbocycles. The van der Waals surface area contributed by atoms with Gasteiger partial charge in [0.25, 0.3) is 0 Å². The summed E-state index contributed by atoms with van der Waals surface area (Å²) in [5.74, 6) is 0. The van der Waals surface area contributed by atoms with Crippen molar-refractivity contribution in [1.29, 1.82) is 0 Å². The highest BCUT2D eigenvalue weighted by Crippen LogP contribution is 2.25. The highest BCUT2D eigenvalue weighted by Gasteiger charge is 2.15. The van der Waals surface area contributed by atoms with Crippen LogP contribution in [-0.2, 0) is 0 Å². The maximum atomic E-state index is 6.18. The van der Waals surface area contributed by atoms with Gasteiger partial charge in [-0.05, 0) is 36.1 Å². The van der Waals surface area contributed by atoms with Crippen LogP contribution in [0.3, 0.4) is 0 Å². The third-order valence-corrected chi connectivity index (χ3v) is 3.37. The molecule has 1 heterocycles.